The number of rotatable bonds is 9. The van der Waals surface area contributed by atoms with Crippen molar-refractivity contribution in [3.05, 3.63) is 83.0 Å². The second-order valence-electron chi connectivity index (χ2n) is 8.26. The molecule has 0 aliphatic carbocycles. The summed E-state index contributed by atoms with van der Waals surface area (Å²) in [5.74, 6) is 1.29. The Morgan fingerprint density at radius 3 is 2.45 bits per heavy atom. The van der Waals surface area contributed by atoms with Gasteiger partial charge in [0.1, 0.15) is 5.75 Å². The van der Waals surface area contributed by atoms with Crippen molar-refractivity contribution in [1.82, 2.24) is 4.57 Å². The quantitative estimate of drug-likeness (QED) is 0.339. The molecule has 0 fully saturated rings. The molecule has 0 spiro atoms. The Bertz CT molecular complexity index is 1560. The zero-order valence-corrected chi connectivity index (χ0v) is 24.3. The number of methoxy groups -OCH3 is 1. The van der Waals surface area contributed by atoms with Gasteiger partial charge in [0, 0.05) is 10.0 Å². The third-order valence-electron chi connectivity index (χ3n) is 5.87. The molecule has 1 aliphatic rings. The van der Waals surface area contributed by atoms with Gasteiger partial charge < -0.3 is 18.9 Å². The van der Waals surface area contributed by atoms with E-state index < -0.39 is 12.0 Å². The minimum absolute atomic E-state index is 0.209. The van der Waals surface area contributed by atoms with E-state index in [0.717, 1.165) is 10.0 Å². The van der Waals surface area contributed by atoms with Gasteiger partial charge >= 0.3 is 5.97 Å². The number of ether oxygens (including phenoxy) is 4. The zero-order chi connectivity index (χ0) is 27.4. The van der Waals surface area contributed by atoms with Crippen molar-refractivity contribution in [2.75, 3.05) is 26.9 Å². The summed E-state index contributed by atoms with van der Waals surface area (Å²) in [7, 11) is 1.57. The molecule has 200 valence electrons. The highest BCUT2D eigenvalue weighted by Gasteiger charge is 2.33. The monoisotopic (exact) mass is 600 g/mol. The Hall–Kier alpha value is -3.37. The molecule has 0 saturated heterocycles. The number of thiazole rings is 1. The van der Waals surface area contributed by atoms with Gasteiger partial charge in [-0.1, -0.05) is 39.4 Å². The van der Waals surface area contributed by atoms with Crippen LogP contribution >= 0.6 is 27.3 Å². The van der Waals surface area contributed by atoms with Gasteiger partial charge in [-0.25, -0.2) is 9.79 Å². The van der Waals surface area contributed by atoms with Crippen LogP contribution in [0.3, 0.4) is 0 Å². The summed E-state index contributed by atoms with van der Waals surface area (Å²) in [5, 5.41) is 0. The number of halogens is 1. The molecule has 2 aromatic carbocycles. The molecule has 0 amide bonds. The predicted molar refractivity (Wildman–Crippen MR) is 150 cm³/mol. The minimum Gasteiger partial charge on any atom is -0.494 e. The predicted octanol–water partition coefficient (Wildman–Crippen LogP) is 4.37. The molecule has 0 radical (unpaired) electrons. The molecule has 3 aromatic rings. The van der Waals surface area contributed by atoms with Crippen molar-refractivity contribution >= 4 is 39.3 Å². The summed E-state index contributed by atoms with van der Waals surface area (Å²) in [6, 6.07) is 10.3. The average Bonchev–Trinajstić information content (AvgIpc) is 3.19. The number of fused-ring (bicyclic) bond motifs is 1. The highest BCUT2D eigenvalue weighted by atomic mass is 79.9. The van der Waals surface area contributed by atoms with Crippen LogP contribution in [-0.2, 0) is 9.53 Å². The number of hydrogen-bond donors (Lipinski definition) is 0. The first-order chi connectivity index (χ1) is 18.3. The van der Waals surface area contributed by atoms with Crippen molar-refractivity contribution in [3.8, 4) is 17.2 Å². The lowest BCUT2D eigenvalue weighted by Crippen LogP contribution is -2.39. The van der Waals surface area contributed by atoms with Crippen LogP contribution in [0.4, 0.5) is 0 Å². The minimum atomic E-state index is -0.702. The summed E-state index contributed by atoms with van der Waals surface area (Å²) in [4.78, 5) is 32.1. The molecule has 0 N–H and O–H groups in total. The molecule has 1 aromatic heterocycles. The van der Waals surface area contributed by atoms with Crippen LogP contribution in [0, 0.1) is 0 Å². The highest BCUT2D eigenvalue weighted by Crippen LogP contribution is 2.36. The number of benzene rings is 2. The van der Waals surface area contributed by atoms with Gasteiger partial charge in [0.2, 0.25) is 0 Å². The molecule has 0 saturated carbocycles. The van der Waals surface area contributed by atoms with Crippen LogP contribution in [0.2, 0.25) is 0 Å². The van der Waals surface area contributed by atoms with Crippen LogP contribution in [0.25, 0.3) is 6.08 Å². The van der Waals surface area contributed by atoms with Gasteiger partial charge in [-0.05, 0) is 63.6 Å². The van der Waals surface area contributed by atoms with E-state index in [1.807, 2.05) is 50.2 Å². The lowest BCUT2D eigenvalue weighted by Gasteiger charge is -2.24. The topological polar surface area (TPSA) is 88.4 Å². The SMILES string of the molecule is CCOC(=O)C1=C(C)N=c2s/c(=C\c3cc(Br)cc(OC)c3OCC)c(=O)n2[C@H]1c1ccc(OCC)cc1. The van der Waals surface area contributed by atoms with Gasteiger partial charge in [0.25, 0.3) is 5.56 Å². The van der Waals surface area contributed by atoms with Crippen molar-refractivity contribution in [3.63, 3.8) is 0 Å². The molecule has 0 unspecified atom stereocenters. The summed E-state index contributed by atoms with van der Waals surface area (Å²) in [5.41, 5.74) is 1.99. The normalized spacial score (nSPS) is 15.1. The Labute approximate surface area is 233 Å². The van der Waals surface area contributed by atoms with E-state index in [2.05, 4.69) is 20.9 Å². The number of hydrogen-bond acceptors (Lipinski definition) is 8. The third-order valence-corrected chi connectivity index (χ3v) is 7.31. The molecule has 0 bridgehead atoms. The summed E-state index contributed by atoms with van der Waals surface area (Å²) in [6.45, 7) is 8.48. The Balaban J connectivity index is 1.95. The van der Waals surface area contributed by atoms with Crippen LogP contribution in [0.5, 0.6) is 17.2 Å². The fourth-order valence-electron chi connectivity index (χ4n) is 4.31. The standard InChI is InChI=1S/C28H29BrN2O6S/c1-6-35-20-11-9-17(10-12-20)24-23(27(33)37-8-3)16(4)30-28-31(24)26(32)22(38-28)14-18-13-19(29)15-21(34-5)25(18)36-7-2/h9-15,24H,6-8H2,1-5H3/b22-14-/t24-/m0/s1. The molecule has 1 atom stereocenters. The first-order valence-corrected chi connectivity index (χ1v) is 13.9. The van der Waals surface area contributed by atoms with Gasteiger partial charge in [-0.2, -0.15) is 0 Å². The van der Waals surface area contributed by atoms with Crippen LogP contribution < -0.4 is 29.1 Å². The van der Waals surface area contributed by atoms with Crippen LogP contribution in [-0.4, -0.2) is 37.5 Å². The molecule has 4 rings (SSSR count). The Morgan fingerprint density at radius 1 is 1.11 bits per heavy atom. The van der Waals surface area contributed by atoms with Gasteiger partial charge in [-0.15, -0.1) is 0 Å². The van der Waals surface area contributed by atoms with Crippen molar-refractivity contribution < 1.29 is 23.7 Å². The molecular formula is C28H29BrN2O6S. The fraction of sp³-hybridized carbons (Fsp3) is 0.321. The molecule has 10 heteroatoms. The van der Waals surface area contributed by atoms with E-state index in [9.17, 15) is 9.59 Å². The van der Waals surface area contributed by atoms with Crippen molar-refractivity contribution in [1.29, 1.82) is 0 Å². The van der Waals surface area contributed by atoms with Gasteiger partial charge in [0.05, 0.1) is 48.8 Å². The highest BCUT2D eigenvalue weighted by molar-refractivity contribution is 9.10. The summed E-state index contributed by atoms with van der Waals surface area (Å²) < 4.78 is 25.1. The first kappa shape index (κ1) is 27.7. The molecule has 38 heavy (non-hydrogen) atoms. The largest absolute Gasteiger partial charge is 0.494 e. The number of aromatic nitrogens is 1. The Morgan fingerprint density at radius 2 is 1.82 bits per heavy atom. The van der Waals surface area contributed by atoms with Crippen molar-refractivity contribution in [2.45, 2.75) is 33.7 Å². The maximum atomic E-state index is 13.9. The van der Waals surface area contributed by atoms with E-state index in [-0.39, 0.29) is 12.2 Å². The number of esters is 1. The zero-order valence-electron chi connectivity index (χ0n) is 21.9. The lowest BCUT2D eigenvalue weighted by atomic mass is 9.96. The lowest BCUT2D eigenvalue weighted by molar-refractivity contribution is -0.139. The molecular weight excluding hydrogens is 572 g/mol. The van der Waals surface area contributed by atoms with E-state index in [1.165, 1.54) is 11.3 Å². The summed E-state index contributed by atoms with van der Waals surface area (Å²) >= 11 is 4.76. The van der Waals surface area contributed by atoms with Crippen molar-refractivity contribution in [2.24, 2.45) is 4.99 Å². The first-order valence-electron chi connectivity index (χ1n) is 12.3. The average molecular weight is 602 g/mol. The number of allylic oxidation sites excluding steroid dienone is 1. The molecule has 2 heterocycles. The maximum Gasteiger partial charge on any atom is 0.338 e. The van der Waals surface area contributed by atoms with Crippen LogP contribution in [0.15, 0.2) is 61.9 Å². The summed E-state index contributed by atoms with van der Waals surface area (Å²) in [6.07, 6.45) is 1.76. The second kappa shape index (κ2) is 12.0. The van der Waals surface area contributed by atoms with E-state index in [4.69, 9.17) is 18.9 Å². The number of carbonyl (C=O) groups excluding carboxylic acids is 1. The maximum absolute atomic E-state index is 13.9. The molecule has 8 nitrogen and oxygen atoms in total. The number of nitrogens with zero attached hydrogens (tertiary/aromatic N) is 2. The van der Waals surface area contributed by atoms with E-state index in [1.54, 1.807) is 31.6 Å². The fourth-order valence-corrected chi connectivity index (χ4v) is 5.80. The second-order valence-corrected chi connectivity index (χ2v) is 10.2. The van der Waals surface area contributed by atoms with Gasteiger partial charge in [-0.3, -0.25) is 9.36 Å². The van der Waals surface area contributed by atoms with E-state index >= 15 is 0 Å². The van der Waals surface area contributed by atoms with E-state index in [0.29, 0.717) is 56.6 Å². The smallest absolute Gasteiger partial charge is 0.338 e. The molecule has 1 aliphatic heterocycles. The Kier molecular flexibility index (Phi) is 8.73. The third kappa shape index (κ3) is 5.42. The number of carbonyl (C=O) groups is 1. The van der Waals surface area contributed by atoms with Gasteiger partial charge in [0.15, 0.2) is 16.3 Å². The van der Waals surface area contributed by atoms with Crippen LogP contribution in [0.1, 0.15) is 44.9 Å².